The molecule has 2 fully saturated rings. The Labute approximate surface area is 267 Å². The van der Waals surface area contributed by atoms with E-state index in [1.165, 1.54) is 0 Å². The maximum atomic E-state index is 13.3. The smallest absolute Gasteiger partial charge is 0.255 e. The van der Waals surface area contributed by atoms with Crippen molar-refractivity contribution >= 4 is 55.2 Å². The van der Waals surface area contributed by atoms with Crippen LogP contribution in [0.2, 0.25) is 0 Å². The molecular formula is C34H40N6O2S2. The number of aromatic nitrogens is 2. The second kappa shape index (κ2) is 13.4. The van der Waals surface area contributed by atoms with E-state index in [1.54, 1.807) is 34.0 Å². The number of rotatable bonds is 7. The Morgan fingerprint density at radius 3 is 1.45 bits per heavy atom. The lowest BCUT2D eigenvalue weighted by atomic mass is 10.0. The lowest BCUT2D eigenvalue weighted by Crippen LogP contribution is -2.44. The first kappa shape index (κ1) is 30.8. The van der Waals surface area contributed by atoms with Gasteiger partial charge in [-0.25, -0.2) is 0 Å². The van der Waals surface area contributed by atoms with Crippen LogP contribution >= 0.6 is 21.6 Å². The van der Waals surface area contributed by atoms with Gasteiger partial charge in [-0.1, -0.05) is 45.9 Å². The van der Waals surface area contributed by atoms with Crippen molar-refractivity contribution < 1.29 is 9.59 Å². The number of piperidine rings is 2. The highest BCUT2D eigenvalue weighted by molar-refractivity contribution is 8.76. The molecule has 0 saturated carbocycles. The molecule has 2 amide bonds. The van der Waals surface area contributed by atoms with Crippen LogP contribution in [0, 0.1) is 0 Å². The molecular weight excluding hydrogens is 589 g/mol. The molecule has 2 aliphatic rings. The summed E-state index contributed by atoms with van der Waals surface area (Å²) in [6, 6.07) is 16.6. The zero-order chi connectivity index (χ0) is 30.8. The summed E-state index contributed by atoms with van der Waals surface area (Å²) in [5.74, 6) is 0.0530. The van der Waals surface area contributed by atoms with Gasteiger partial charge in [-0.3, -0.25) is 19.6 Å². The Hall–Kier alpha value is -3.18. The van der Waals surface area contributed by atoms with E-state index in [1.807, 2.05) is 60.3 Å². The van der Waals surface area contributed by atoms with Crippen LogP contribution in [0.15, 0.2) is 70.7 Å². The summed E-state index contributed by atoms with van der Waals surface area (Å²) < 4.78 is 0. The summed E-state index contributed by atoms with van der Waals surface area (Å²) in [6.07, 6.45) is 7.40. The summed E-state index contributed by atoms with van der Waals surface area (Å²) in [7, 11) is 11.3. The molecule has 2 aliphatic heterocycles. The zero-order valence-corrected chi connectivity index (χ0v) is 27.5. The monoisotopic (exact) mass is 628 g/mol. The second-order valence-electron chi connectivity index (χ2n) is 12.2. The van der Waals surface area contributed by atoms with Gasteiger partial charge in [-0.15, -0.1) is 0 Å². The van der Waals surface area contributed by atoms with Crippen LogP contribution in [0.4, 0.5) is 0 Å². The number of likely N-dealkylation sites (tertiary alicyclic amines) is 2. The SMILES string of the molecule is CN1CCC(N(C)C(=O)c2cnc3c(SSc4cccc5cc(C(=O)N(C)C6CCN(C)CC6)cnc45)cccc3c2)CC1. The fraction of sp³-hybridized carbons (Fsp3) is 0.412. The molecule has 0 N–H and O–H groups in total. The van der Waals surface area contributed by atoms with Gasteiger partial charge in [0.1, 0.15) is 0 Å². The summed E-state index contributed by atoms with van der Waals surface area (Å²) in [6.45, 7) is 4.05. The van der Waals surface area contributed by atoms with Crippen LogP contribution in [-0.4, -0.2) is 108 Å². The lowest BCUT2D eigenvalue weighted by molar-refractivity contribution is 0.0652. The number of amides is 2. The van der Waals surface area contributed by atoms with E-state index in [-0.39, 0.29) is 23.9 Å². The third kappa shape index (κ3) is 6.59. The summed E-state index contributed by atoms with van der Waals surface area (Å²) in [5, 5.41) is 1.90. The maximum absolute atomic E-state index is 13.3. The zero-order valence-electron chi connectivity index (χ0n) is 25.9. The fourth-order valence-corrected chi connectivity index (χ4v) is 8.52. The Kier molecular flexibility index (Phi) is 9.42. The number of para-hydroxylation sites is 2. The van der Waals surface area contributed by atoms with Gasteiger partial charge < -0.3 is 19.6 Å². The first-order chi connectivity index (χ1) is 21.3. The molecule has 4 heterocycles. The molecule has 44 heavy (non-hydrogen) atoms. The largest absolute Gasteiger partial charge is 0.339 e. The molecule has 0 unspecified atom stereocenters. The highest BCUT2D eigenvalue weighted by Gasteiger charge is 2.26. The second-order valence-corrected chi connectivity index (χ2v) is 14.4. The topological polar surface area (TPSA) is 72.9 Å². The van der Waals surface area contributed by atoms with E-state index in [0.717, 1.165) is 83.5 Å². The summed E-state index contributed by atoms with van der Waals surface area (Å²) >= 11 is 0. The van der Waals surface area contributed by atoms with Crippen LogP contribution in [0.25, 0.3) is 21.8 Å². The van der Waals surface area contributed by atoms with Crippen LogP contribution in [-0.2, 0) is 0 Å². The van der Waals surface area contributed by atoms with Crippen molar-refractivity contribution in [2.75, 3.05) is 54.4 Å². The predicted molar refractivity (Wildman–Crippen MR) is 180 cm³/mol. The van der Waals surface area contributed by atoms with Gasteiger partial charge in [0.25, 0.3) is 11.8 Å². The quantitative estimate of drug-likeness (QED) is 0.234. The standard InChI is InChI=1S/C34H40N6O2S2/c1-37-15-11-27(12-16-37)39(3)33(41)25-19-23-7-5-9-29(31(23)35-21-25)43-44-30-10-6-8-24-20-26(22-36-32(24)30)34(42)40(4)28-13-17-38(2)18-14-28/h5-10,19-22,27-28H,11-18H2,1-4H3. The predicted octanol–water partition coefficient (Wildman–Crippen LogP) is 5.91. The van der Waals surface area contributed by atoms with Crippen molar-refractivity contribution in [3.8, 4) is 0 Å². The van der Waals surface area contributed by atoms with Gasteiger partial charge in [0, 0.05) is 59.1 Å². The normalized spacial score (nSPS) is 17.3. The Balaban J connectivity index is 1.16. The van der Waals surface area contributed by atoms with Gasteiger partial charge in [0.05, 0.1) is 22.2 Å². The average molecular weight is 629 g/mol. The van der Waals surface area contributed by atoms with E-state index >= 15 is 0 Å². The number of hydrogen-bond donors (Lipinski definition) is 0. The fourth-order valence-electron chi connectivity index (χ4n) is 6.23. The van der Waals surface area contributed by atoms with E-state index in [0.29, 0.717) is 11.1 Å². The van der Waals surface area contributed by atoms with E-state index in [9.17, 15) is 9.59 Å². The van der Waals surface area contributed by atoms with Gasteiger partial charge in [-0.05, 0) is 90.2 Å². The number of fused-ring (bicyclic) bond motifs is 2. The Morgan fingerprint density at radius 2 is 1.07 bits per heavy atom. The van der Waals surface area contributed by atoms with Crippen molar-refractivity contribution in [1.82, 2.24) is 29.6 Å². The molecule has 0 bridgehead atoms. The first-order valence-electron chi connectivity index (χ1n) is 15.3. The first-order valence-corrected chi connectivity index (χ1v) is 17.5. The summed E-state index contributed by atoms with van der Waals surface area (Å²) in [5.41, 5.74) is 3.00. The van der Waals surface area contributed by atoms with E-state index in [4.69, 9.17) is 9.97 Å². The van der Waals surface area contributed by atoms with E-state index in [2.05, 4.69) is 36.0 Å². The third-order valence-electron chi connectivity index (χ3n) is 9.18. The molecule has 0 radical (unpaired) electrons. The number of hydrogen-bond acceptors (Lipinski definition) is 8. The Bertz CT molecular complexity index is 1540. The van der Waals surface area contributed by atoms with Crippen molar-refractivity contribution in [3.63, 3.8) is 0 Å². The molecule has 0 aliphatic carbocycles. The summed E-state index contributed by atoms with van der Waals surface area (Å²) in [4.78, 5) is 46.6. The molecule has 0 atom stereocenters. The number of nitrogens with zero attached hydrogens (tertiary/aromatic N) is 6. The number of pyridine rings is 2. The van der Waals surface area contributed by atoms with Crippen molar-refractivity contribution in [2.24, 2.45) is 0 Å². The molecule has 4 aromatic rings. The van der Waals surface area contributed by atoms with Gasteiger partial charge in [0.15, 0.2) is 0 Å². The van der Waals surface area contributed by atoms with Gasteiger partial charge in [0.2, 0.25) is 0 Å². The number of benzene rings is 2. The lowest BCUT2D eigenvalue weighted by Gasteiger charge is -2.35. The number of carbonyl (C=O) groups is 2. The maximum Gasteiger partial charge on any atom is 0.255 e. The molecule has 2 saturated heterocycles. The molecule has 6 rings (SSSR count). The highest BCUT2D eigenvalue weighted by Crippen LogP contribution is 2.42. The Morgan fingerprint density at radius 1 is 0.682 bits per heavy atom. The molecule has 8 nitrogen and oxygen atoms in total. The molecule has 230 valence electrons. The van der Waals surface area contributed by atoms with Crippen molar-refractivity contribution in [3.05, 3.63) is 72.1 Å². The molecule has 2 aromatic heterocycles. The van der Waals surface area contributed by atoms with Crippen molar-refractivity contribution in [2.45, 2.75) is 47.6 Å². The van der Waals surface area contributed by atoms with Crippen LogP contribution in [0.3, 0.4) is 0 Å². The molecule has 0 spiro atoms. The minimum Gasteiger partial charge on any atom is -0.339 e. The van der Waals surface area contributed by atoms with Crippen molar-refractivity contribution in [1.29, 1.82) is 0 Å². The minimum absolute atomic E-state index is 0.0265. The van der Waals surface area contributed by atoms with Gasteiger partial charge in [-0.2, -0.15) is 0 Å². The van der Waals surface area contributed by atoms with Crippen LogP contribution in [0.1, 0.15) is 46.4 Å². The minimum atomic E-state index is 0.0265. The van der Waals surface area contributed by atoms with Crippen LogP contribution < -0.4 is 0 Å². The number of carbonyl (C=O) groups excluding carboxylic acids is 2. The molecule has 2 aromatic carbocycles. The van der Waals surface area contributed by atoms with Crippen LogP contribution in [0.5, 0.6) is 0 Å². The van der Waals surface area contributed by atoms with Gasteiger partial charge >= 0.3 is 0 Å². The third-order valence-corrected chi connectivity index (χ3v) is 11.6. The highest BCUT2D eigenvalue weighted by atomic mass is 33.1. The molecule has 10 heteroatoms. The average Bonchev–Trinajstić information content (AvgIpc) is 3.06. The van der Waals surface area contributed by atoms with E-state index < -0.39 is 0 Å².